The lowest BCUT2D eigenvalue weighted by Gasteiger charge is -2.30. The lowest BCUT2D eigenvalue weighted by atomic mass is 9.77. The van der Waals surface area contributed by atoms with Crippen LogP contribution in [0, 0.1) is 11.3 Å². The number of ketones is 1. The van der Waals surface area contributed by atoms with Crippen LogP contribution >= 0.6 is 0 Å². The second-order valence-corrected chi connectivity index (χ2v) is 5.96. The van der Waals surface area contributed by atoms with Crippen LogP contribution in [-0.2, 0) is 4.74 Å². The summed E-state index contributed by atoms with van der Waals surface area (Å²) in [6, 6.07) is 17.3. The maximum atomic E-state index is 12.9. The third kappa shape index (κ3) is 2.11. The van der Waals surface area contributed by atoms with Crippen molar-refractivity contribution in [2.45, 2.75) is 18.4 Å². The van der Waals surface area contributed by atoms with E-state index in [1.165, 1.54) is 0 Å². The predicted molar refractivity (Wildman–Crippen MR) is 86.9 cm³/mol. The minimum absolute atomic E-state index is 0.0583. The second kappa shape index (κ2) is 5.19. The molecule has 1 aliphatic heterocycles. The number of nitriles is 1. The van der Waals surface area contributed by atoms with Gasteiger partial charge in [-0.2, -0.15) is 5.26 Å². The van der Waals surface area contributed by atoms with Gasteiger partial charge in [-0.1, -0.05) is 36.4 Å². The highest BCUT2D eigenvalue weighted by Crippen LogP contribution is 2.41. The molecule has 1 atom stereocenters. The highest BCUT2D eigenvalue weighted by molar-refractivity contribution is 6.12. The minimum atomic E-state index is -0.822. The molecule has 1 spiro atoms. The summed E-state index contributed by atoms with van der Waals surface area (Å²) in [5.74, 6) is 0.0583. The number of Topliss-reactive ketones (excluding diaryl/α,β-unsaturated/α-hetero) is 1. The molecule has 112 valence electrons. The number of hydrogen-bond acceptors (Lipinski definition) is 3. The van der Waals surface area contributed by atoms with Crippen LogP contribution in [0.15, 0.2) is 54.6 Å². The average Bonchev–Trinajstić information content (AvgIpc) is 3.08. The number of rotatable bonds is 1. The standard InChI is InChI=1S/C20H15NO2/c21-13-14-6-8-15(9-7-14)18-12-20(10-3-11-23-20)19(22)17-5-2-1-4-16(17)18/h1-2,4-9,12H,3,10-11H2. The Hall–Kier alpha value is -2.70. The number of ether oxygens (including phenoxy) is 1. The number of hydrogen-bond donors (Lipinski definition) is 0. The van der Waals surface area contributed by atoms with E-state index in [9.17, 15) is 4.79 Å². The number of benzene rings is 2. The molecule has 1 saturated heterocycles. The molecular weight excluding hydrogens is 286 g/mol. The molecule has 3 nitrogen and oxygen atoms in total. The van der Waals surface area contributed by atoms with Crippen LogP contribution in [0.1, 0.15) is 39.9 Å². The van der Waals surface area contributed by atoms with Gasteiger partial charge in [-0.3, -0.25) is 4.79 Å². The first-order chi connectivity index (χ1) is 11.2. The van der Waals surface area contributed by atoms with Crippen molar-refractivity contribution >= 4 is 11.4 Å². The highest BCUT2D eigenvalue weighted by Gasteiger charge is 2.45. The molecule has 0 aromatic heterocycles. The first-order valence-corrected chi connectivity index (χ1v) is 7.75. The minimum Gasteiger partial charge on any atom is -0.363 e. The first kappa shape index (κ1) is 13.9. The maximum Gasteiger partial charge on any atom is 0.199 e. The van der Waals surface area contributed by atoms with Crippen LogP contribution in [0.2, 0.25) is 0 Å². The summed E-state index contributed by atoms with van der Waals surface area (Å²) in [4.78, 5) is 12.9. The van der Waals surface area contributed by atoms with E-state index < -0.39 is 5.60 Å². The topological polar surface area (TPSA) is 50.1 Å². The Balaban J connectivity index is 1.91. The van der Waals surface area contributed by atoms with Gasteiger partial charge in [0.25, 0.3) is 0 Å². The fraction of sp³-hybridized carbons (Fsp3) is 0.200. The van der Waals surface area contributed by atoms with E-state index in [-0.39, 0.29) is 5.78 Å². The van der Waals surface area contributed by atoms with Crippen molar-refractivity contribution in [1.82, 2.24) is 0 Å². The van der Waals surface area contributed by atoms with Gasteiger partial charge in [0.2, 0.25) is 0 Å². The van der Waals surface area contributed by atoms with Gasteiger partial charge < -0.3 is 4.74 Å². The Kier molecular flexibility index (Phi) is 3.14. The summed E-state index contributed by atoms with van der Waals surface area (Å²) in [6.45, 7) is 0.616. The fourth-order valence-electron chi connectivity index (χ4n) is 3.44. The molecule has 0 radical (unpaired) electrons. The zero-order valence-corrected chi connectivity index (χ0v) is 12.6. The summed E-state index contributed by atoms with van der Waals surface area (Å²) < 4.78 is 5.87. The zero-order chi connectivity index (χ0) is 15.9. The lowest BCUT2D eigenvalue weighted by molar-refractivity contribution is 0.0351. The lowest BCUT2D eigenvalue weighted by Crippen LogP contribution is -2.39. The number of carbonyl (C=O) groups excluding carboxylic acids is 1. The molecule has 23 heavy (non-hydrogen) atoms. The first-order valence-electron chi connectivity index (χ1n) is 7.75. The molecule has 0 amide bonds. The molecule has 2 aromatic carbocycles. The van der Waals surface area contributed by atoms with Crippen LogP contribution in [0.4, 0.5) is 0 Å². The van der Waals surface area contributed by atoms with Crippen LogP contribution < -0.4 is 0 Å². The molecule has 0 saturated carbocycles. The van der Waals surface area contributed by atoms with E-state index in [1.807, 2.05) is 42.5 Å². The van der Waals surface area contributed by atoms with E-state index in [4.69, 9.17) is 10.00 Å². The Morgan fingerprint density at radius 3 is 2.43 bits per heavy atom. The highest BCUT2D eigenvalue weighted by atomic mass is 16.5. The Bertz CT molecular complexity index is 850. The van der Waals surface area contributed by atoms with Crippen molar-refractivity contribution in [2.75, 3.05) is 6.61 Å². The van der Waals surface area contributed by atoms with Crippen molar-refractivity contribution in [3.8, 4) is 6.07 Å². The number of fused-ring (bicyclic) bond motifs is 1. The molecule has 0 N–H and O–H groups in total. The molecular formula is C20H15NO2. The predicted octanol–water partition coefficient (Wildman–Crippen LogP) is 3.74. The molecule has 1 unspecified atom stereocenters. The second-order valence-electron chi connectivity index (χ2n) is 5.96. The van der Waals surface area contributed by atoms with Gasteiger partial charge in [-0.05, 0) is 47.8 Å². The van der Waals surface area contributed by atoms with Gasteiger partial charge >= 0.3 is 0 Å². The molecule has 1 fully saturated rings. The third-order valence-electron chi connectivity index (χ3n) is 4.60. The Labute approximate surface area is 134 Å². The summed E-state index contributed by atoms with van der Waals surface area (Å²) >= 11 is 0. The van der Waals surface area contributed by atoms with Crippen LogP contribution in [0.25, 0.3) is 5.57 Å². The largest absolute Gasteiger partial charge is 0.363 e. The van der Waals surface area contributed by atoms with Gasteiger partial charge in [0.05, 0.1) is 11.6 Å². The van der Waals surface area contributed by atoms with Crippen molar-refractivity contribution in [3.05, 3.63) is 76.9 Å². The maximum absolute atomic E-state index is 12.9. The van der Waals surface area contributed by atoms with E-state index in [2.05, 4.69) is 6.07 Å². The van der Waals surface area contributed by atoms with E-state index in [0.29, 0.717) is 12.2 Å². The molecule has 1 heterocycles. The third-order valence-corrected chi connectivity index (χ3v) is 4.60. The van der Waals surface area contributed by atoms with Gasteiger partial charge in [-0.25, -0.2) is 0 Å². The van der Waals surface area contributed by atoms with Gasteiger partial charge in [0.1, 0.15) is 5.60 Å². The van der Waals surface area contributed by atoms with E-state index in [0.717, 1.165) is 35.1 Å². The summed E-state index contributed by atoms with van der Waals surface area (Å²) in [5, 5.41) is 8.97. The molecule has 4 rings (SSSR count). The molecule has 0 bridgehead atoms. The van der Waals surface area contributed by atoms with Gasteiger partial charge in [-0.15, -0.1) is 0 Å². The van der Waals surface area contributed by atoms with Crippen molar-refractivity contribution in [3.63, 3.8) is 0 Å². The molecule has 2 aromatic rings. The van der Waals surface area contributed by atoms with Gasteiger partial charge in [0.15, 0.2) is 5.78 Å². The van der Waals surface area contributed by atoms with Crippen LogP contribution in [-0.4, -0.2) is 18.0 Å². The van der Waals surface area contributed by atoms with Crippen molar-refractivity contribution in [1.29, 1.82) is 5.26 Å². The van der Waals surface area contributed by atoms with Crippen molar-refractivity contribution < 1.29 is 9.53 Å². The fourth-order valence-corrected chi connectivity index (χ4v) is 3.44. The van der Waals surface area contributed by atoms with Gasteiger partial charge in [0, 0.05) is 12.2 Å². The normalized spacial score (nSPS) is 22.6. The van der Waals surface area contributed by atoms with E-state index in [1.54, 1.807) is 12.1 Å². The molecule has 2 aliphatic rings. The Morgan fingerprint density at radius 1 is 1.04 bits per heavy atom. The number of carbonyl (C=O) groups is 1. The quantitative estimate of drug-likeness (QED) is 0.806. The summed E-state index contributed by atoms with van der Waals surface area (Å²) in [5.41, 5.74) is 3.46. The smallest absolute Gasteiger partial charge is 0.199 e. The molecule has 1 aliphatic carbocycles. The van der Waals surface area contributed by atoms with Crippen molar-refractivity contribution in [2.24, 2.45) is 0 Å². The molecule has 3 heteroatoms. The zero-order valence-electron chi connectivity index (χ0n) is 12.6. The van der Waals surface area contributed by atoms with E-state index >= 15 is 0 Å². The Morgan fingerprint density at radius 2 is 1.78 bits per heavy atom. The van der Waals surface area contributed by atoms with Crippen LogP contribution in [0.3, 0.4) is 0 Å². The summed E-state index contributed by atoms with van der Waals surface area (Å²) in [6.07, 6.45) is 3.59. The SMILES string of the molecule is N#Cc1ccc(C2=CC3(CCCO3)C(=O)c3ccccc32)cc1. The monoisotopic (exact) mass is 301 g/mol. The van der Waals surface area contributed by atoms with Crippen LogP contribution in [0.5, 0.6) is 0 Å². The summed E-state index contributed by atoms with van der Waals surface area (Å²) in [7, 11) is 0. The average molecular weight is 301 g/mol. The number of nitrogens with zero attached hydrogens (tertiary/aromatic N) is 1.